The standard InChI is InChI=1S/C8H16N2O2.C4H10.C2H6/c1-2-9-3-8(4-10-7-11)5-12-6-8;1-3-4-2;1-2/h7,9H,2-6H2,1H3,(H,10,11);3-4H2,1-2H3;1-2H3. The van der Waals surface area contributed by atoms with Crippen LogP contribution in [0.2, 0.25) is 0 Å². The maximum Gasteiger partial charge on any atom is 0.207 e. The lowest BCUT2D eigenvalue weighted by Gasteiger charge is -2.41. The second-order valence-electron chi connectivity index (χ2n) is 4.27. The quantitative estimate of drug-likeness (QED) is 0.690. The Kier molecular flexibility index (Phi) is 15.8. The zero-order valence-corrected chi connectivity index (χ0v) is 12.8. The minimum absolute atomic E-state index is 0.150. The molecule has 0 unspecified atom stereocenters. The predicted molar refractivity (Wildman–Crippen MR) is 77.8 cm³/mol. The average molecular weight is 260 g/mol. The van der Waals surface area contributed by atoms with Crippen molar-refractivity contribution in [2.75, 3.05) is 32.8 Å². The van der Waals surface area contributed by atoms with E-state index in [0.29, 0.717) is 6.54 Å². The van der Waals surface area contributed by atoms with Crippen molar-refractivity contribution in [3.8, 4) is 0 Å². The van der Waals surface area contributed by atoms with Crippen LogP contribution < -0.4 is 10.6 Å². The monoisotopic (exact) mass is 260 g/mol. The molecule has 4 nitrogen and oxygen atoms in total. The molecule has 110 valence electrons. The van der Waals surface area contributed by atoms with Crippen LogP contribution in [-0.2, 0) is 9.53 Å². The Labute approximate surface area is 113 Å². The van der Waals surface area contributed by atoms with E-state index in [-0.39, 0.29) is 5.41 Å². The molecule has 2 N–H and O–H groups in total. The van der Waals surface area contributed by atoms with Crippen LogP contribution in [-0.4, -0.2) is 39.3 Å². The first kappa shape index (κ1) is 19.7. The van der Waals surface area contributed by atoms with Crippen molar-refractivity contribution in [1.82, 2.24) is 10.6 Å². The van der Waals surface area contributed by atoms with E-state index in [0.717, 1.165) is 32.7 Å². The number of nitrogens with one attached hydrogen (secondary N) is 2. The Hall–Kier alpha value is -0.610. The first-order valence-electron chi connectivity index (χ1n) is 7.20. The largest absolute Gasteiger partial charge is 0.380 e. The lowest BCUT2D eigenvalue weighted by atomic mass is 9.86. The van der Waals surface area contributed by atoms with Crippen LogP contribution in [0.1, 0.15) is 47.5 Å². The number of ether oxygens (including phenoxy) is 1. The van der Waals surface area contributed by atoms with Crippen LogP contribution in [0.15, 0.2) is 0 Å². The van der Waals surface area contributed by atoms with Gasteiger partial charge in [0, 0.05) is 18.5 Å². The van der Waals surface area contributed by atoms with Gasteiger partial charge < -0.3 is 15.4 Å². The van der Waals surface area contributed by atoms with Crippen LogP contribution in [0.3, 0.4) is 0 Å². The summed E-state index contributed by atoms with van der Waals surface area (Å²) >= 11 is 0. The summed E-state index contributed by atoms with van der Waals surface area (Å²) in [4.78, 5) is 10.1. The third-order valence-corrected chi connectivity index (χ3v) is 2.63. The summed E-state index contributed by atoms with van der Waals surface area (Å²) in [5.41, 5.74) is 0.150. The highest BCUT2D eigenvalue weighted by atomic mass is 16.5. The summed E-state index contributed by atoms with van der Waals surface area (Å²) in [6, 6.07) is 0. The van der Waals surface area contributed by atoms with Crippen LogP contribution in [0.4, 0.5) is 0 Å². The number of carbonyl (C=O) groups excluding carboxylic acids is 1. The number of amides is 1. The second kappa shape index (κ2) is 14.5. The molecule has 18 heavy (non-hydrogen) atoms. The highest BCUT2D eigenvalue weighted by molar-refractivity contribution is 5.46. The fraction of sp³-hybridized carbons (Fsp3) is 0.929. The van der Waals surface area contributed by atoms with Gasteiger partial charge in [-0.15, -0.1) is 0 Å². The van der Waals surface area contributed by atoms with Gasteiger partial charge >= 0.3 is 0 Å². The zero-order valence-electron chi connectivity index (χ0n) is 12.8. The molecule has 0 aromatic carbocycles. The number of hydrogen-bond donors (Lipinski definition) is 2. The van der Waals surface area contributed by atoms with Gasteiger partial charge in [-0.05, 0) is 6.54 Å². The Morgan fingerprint density at radius 1 is 1.11 bits per heavy atom. The minimum atomic E-state index is 0.150. The lowest BCUT2D eigenvalue weighted by molar-refractivity contribution is -0.120. The summed E-state index contributed by atoms with van der Waals surface area (Å²) in [5, 5.41) is 5.96. The molecule has 1 saturated heterocycles. The van der Waals surface area contributed by atoms with E-state index >= 15 is 0 Å². The lowest BCUT2D eigenvalue weighted by Crippen LogP contribution is -2.55. The Morgan fingerprint density at radius 2 is 1.67 bits per heavy atom. The minimum Gasteiger partial charge on any atom is -0.380 e. The van der Waals surface area contributed by atoms with Crippen molar-refractivity contribution in [2.24, 2.45) is 5.41 Å². The molecule has 0 aliphatic carbocycles. The van der Waals surface area contributed by atoms with Crippen LogP contribution in [0, 0.1) is 5.41 Å². The van der Waals surface area contributed by atoms with Crippen molar-refractivity contribution >= 4 is 6.41 Å². The molecular weight excluding hydrogens is 228 g/mol. The molecular formula is C14H32N2O2. The SMILES string of the molecule is CC.CCCC.CCNCC1(CNC=O)COC1. The van der Waals surface area contributed by atoms with Crippen LogP contribution in [0.5, 0.6) is 0 Å². The van der Waals surface area contributed by atoms with Gasteiger partial charge in [0.25, 0.3) is 0 Å². The molecule has 1 amide bonds. The summed E-state index contributed by atoms with van der Waals surface area (Å²) in [7, 11) is 0. The van der Waals surface area contributed by atoms with Crippen LogP contribution in [0.25, 0.3) is 0 Å². The van der Waals surface area contributed by atoms with E-state index in [1.807, 2.05) is 13.8 Å². The topological polar surface area (TPSA) is 50.4 Å². The molecule has 0 atom stereocenters. The zero-order chi connectivity index (χ0) is 14.3. The molecule has 1 heterocycles. The molecule has 1 aliphatic heterocycles. The first-order valence-corrected chi connectivity index (χ1v) is 7.20. The Morgan fingerprint density at radius 3 is 1.94 bits per heavy atom. The van der Waals surface area contributed by atoms with Gasteiger partial charge in [0.05, 0.1) is 13.2 Å². The normalized spacial score (nSPS) is 15.2. The smallest absolute Gasteiger partial charge is 0.207 e. The summed E-state index contributed by atoms with van der Waals surface area (Å²) < 4.78 is 5.14. The maximum atomic E-state index is 10.1. The van der Waals surface area contributed by atoms with E-state index < -0.39 is 0 Å². The van der Waals surface area contributed by atoms with E-state index in [2.05, 4.69) is 31.4 Å². The summed E-state index contributed by atoms with van der Waals surface area (Å²) in [6.45, 7) is 14.5. The van der Waals surface area contributed by atoms with Gasteiger partial charge in [0.15, 0.2) is 0 Å². The van der Waals surface area contributed by atoms with E-state index in [4.69, 9.17) is 4.74 Å². The van der Waals surface area contributed by atoms with Crippen molar-refractivity contribution in [3.63, 3.8) is 0 Å². The number of rotatable bonds is 7. The molecule has 0 spiro atoms. The molecule has 1 aliphatic rings. The molecule has 0 bridgehead atoms. The van der Waals surface area contributed by atoms with Crippen molar-refractivity contribution in [3.05, 3.63) is 0 Å². The number of carbonyl (C=O) groups is 1. The van der Waals surface area contributed by atoms with Gasteiger partial charge in [-0.1, -0.05) is 47.5 Å². The first-order chi connectivity index (χ1) is 8.74. The molecule has 4 heteroatoms. The fourth-order valence-electron chi connectivity index (χ4n) is 1.31. The Bertz CT molecular complexity index is 169. The third kappa shape index (κ3) is 9.42. The van der Waals surface area contributed by atoms with Gasteiger partial charge in [-0.2, -0.15) is 0 Å². The number of hydrogen-bond acceptors (Lipinski definition) is 3. The van der Waals surface area contributed by atoms with Crippen molar-refractivity contribution in [1.29, 1.82) is 0 Å². The maximum absolute atomic E-state index is 10.1. The third-order valence-electron chi connectivity index (χ3n) is 2.63. The molecule has 0 aromatic rings. The van der Waals surface area contributed by atoms with Crippen molar-refractivity contribution in [2.45, 2.75) is 47.5 Å². The van der Waals surface area contributed by atoms with Gasteiger partial charge in [-0.25, -0.2) is 0 Å². The number of unbranched alkanes of at least 4 members (excludes halogenated alkanes) is 1. The predicted octanol–water partition coefficient (Wildman–Crippen LogP) is 2.19. The highest BCUT2D eigenvalue weighted by Crippen LogP contribution is 2.25. The molecule has 1 rings (SSSR count). The van der Waals surface area contributed by atoms with Gasteiger partial charge in [0.1, 0.15) is 0 Å². The van der Waals surface area contributed by atoms with Crippen molar-refractivity contribution < 1.29 is 9.53 Å². The summed E-state index contributed by atoms with van der Waals surface area (Å²) in [6.07, 6.45) is 3.38. The van der Waals surface area contributed by atoms with Gasteiger partial charge in [-0.3, -0.25) is 4.79 Å². The summed E-state index contributed by atoms with van der Waals surface area (Å²) in [5.74, 6) is 0. The second-order valence-corrected chi connectivity index (χ2v) is 4.27. The molecule has 1 fully saturated rings. The highest BCUT2D eigenvalue weighted by Gasteiger charge is 2.37. The van der Waals surface area contributed by atoms with E-state index in [9.17, 15) is 4.79 Å². The van der Waals surface area contributed by atoms with Gasteiger partial charge in [0.2, 0.25) is 6.41 Å². The molecule has 0 radical (unpaired) electrons. The van der Waals surface area contributed by atoms with E-state index in [1.165, 1.54) is 12.8 Å². The van der Waals surface area contributed by atoms with Crippen LogP contribution >= 0.6 is 0 Å². The fourth-order valence-corrected chi connectivity index (χ4v) is 1.31. The Balaban J connectivity index is 0. The molecule has 0 aromatic heterocycles. The van der Waals surface area contributed by atoms with E-state index in [1.54, 1.807) is 0 Å². The molecule has 0 saturated carbocycles. The average Bonchev–Trinajstić information content (AvgIpc) is 2.40.